The number of sulfonamides is 1. The average Bonchev–Trinajstić information content (AvgIpc) is 2.97. The molecule has 27 heavy (non-hydrogen) atoms. The molecule has 0 aliphatic rings. The number of likely N-dealkylation sites (N-methyl/N-ethyl adjacent to an activating group) is 1. The highest BCUT2D eigenvalue weighted by molar-refractivity contribution is 7.89. The molecule has 0 aliphatic carbocycles. The summed E-state index contributed by atoms with van der Waals surface area (Å²) >= 11 is 1.08. The number of hydrogen-bond donors (Lipinski definition) is 1. The Labute approximate surface area is 163 Å². The first-order chi connectivity index (χ1) is 12.9. The summed E-state index contributed by atoms with van der Waals surface area (Å²) in [4.78, 5) is 14.2. The van der Waals surface area contributed by atoms with Gasteiger partial charge < -0.3 is 4.90 Å². The number of nitrogens with zero attached hydrogens (tertiary/aromatic N) is 2. The number of thiazole rings is 1. The van der Waals surface area contributed by atoms with Gasteiger partial charge in [-0.3, -0.25) is 9.36 Å². The normalized spacial score (nSPS) is 11.8. The van der Waals surface area contributed by atoms with Crippen molar-refractivity contribution < 1.29 is 8.42 Å². The van der Waals surface area contributed by atoms with Crippen molar-refractivity contribution in [2.24, 2.45) is 0 Å². The van der Waals surface area contributed by atoms with Crippen LogP contribution in [0.5, 0.6) is 0 Å². The van der Waals surface area contributed by atoms with E-state index in [4.69, 9.17) is 0 Å². The minimum atomic E-state index is -3.63. The number of benzene rings is 2. The van der Waals surface area contributed by atoms with Crippen molar-refractivity contribution in [2.45, 2.75) is 24.8 Å². The predicted octanol–water partition coefficient (Wildman–Crippen LogP) is 2.89. The molecule has 0 amide bonds. The Morgan fingerprint density at radius 2 is 1.89 bits per heavy atom. The van der Waals surface area contributed by atoms with Crippen LogP contribution in [0, 0.1) is 0 Å². The van der Waals surface area contributed by atoms with Gasteiger partial charge in [0.15, 0.2) is 0 Å². The van der Waals surface area contributed by atoms with E-state index in [0.717, 1.165) is 29.0 Å². The van der Waals surface area contributed by atoms with Crippen LogP contribution >= 0.6 is 11.3 Å². The summed E-state index contributed by atoms with van der Waals surface area (Å²) in [5.74, 6) is 0. The molecular weight excluding hydrogens is 382 g/mol. The van der Waals surface area contributed by atoms with Gasteiger partial charge in [-0.05, 0) is 36.8 Å². The van der Waals surface area contributed by atoms with E-state index in [2.05, 4.69) is 4.72 Å². The quantitative estimate of drug-likeness (QED) is 0.626. The van der Waals surface area contributed by atoms with Crippen molar-refractivity contribution in [1.29, 1.82) is 0 Å². The molecule has 2 aromatic carbocycles. The number of hydrogen-bond acceptors (Lipinski definition) is 5. The maximum atomic E-state index is 12.6. The third kappa shape index (κ3) is 4.40. The van der Waals surface area contributed by atoms with Gasteiger partial charge in [-0.1, -0.05) is 36.5 Å². The molecule has 1 heterocycles. The summed E-state index contributed by atoms with van der Waals surface area (Å²) in [5, 5.41) is 0. The minimum Gasteiger partial charge on any atom is -0.373 e. The van der Waals surface area contributed by atoms with Crippen molar-refractivity contribution in [2.75, 3.05) is 25.0 Å². The standard InChI is InChI=1S/C19H23N3O3S2/c1-3-12-22-17-10-9-16(14-18(17)26-19(22)23)27(24,25)20-11-13-21(2)15-7-5-4-6-8-15/h4-10,14,20H,3,11-13H2,1-2H3. The number of aromatic nitrogens is 1. The van der Waals surface area contributed by atoms with Crippen molar-refractivity contribution in [1.82, 2.24) is 9.29 Å². The number of anilines is 1. The lowest BCUT2D eigenvalue weighted by Gasteiger charge is -2.19. The van der Waals surface area contributed by atoms with E-state index in [1.165, 1.54) is 0 Å². The van der Waals surface area contributed by atoms with Crippen LogP contribution in [-0.4, -0.2) is 33.1 Å². The van der Waals surface area contributed by atoms with Crippen LogP contribution in [0.1, 0.15) is 13.3 Å². The SMILES string of the molecule is CCCn1c(=O)sc2cc(S(=O)(=O)NCCN(C)c3ccccc3)ccc21. The van der Waals surface area contributed by atoms with Gasteiger partial charge in [-0.15, -0.1) is 0 Å². The zero-order chi connectivity index (χ0) is 19.4. The molecule has 0 radical (unpaired) electrons. The summed E-state index contributed by atoms with van der Waals surface area (Å²) in [5.41, 5.74) is 1.81. The second kappa shape index (κ2) is 8.24. The zero-order valence-corrected chi connectivity index (χ0v) is 17.0. The van der Waals surface area contributed by atoms with E-state index in [1.54, 1.807) is 22.8 Å². The number of fused-ring (bicyclic) bond motifs is 1. The topological polar surface area (TPSA) is 71.4 Å². The molecular formula is C19H23N3O3S2. The highest BCUT2D eigenvalue weighted by Gasteiger charge is 2.16. The van der Waals surface area contributed by atoms with E-state index in [0.29, 0.717) is 24.3 Å². The number of rotatable bonds is 8. The first-order valence-electron chi connectivity index (χ1n) is 8.81. The van der Waals surface area contributed by atoms with Crippen LogP contribution in [0.4, 0.5) is 5.69 Å². The number of para-hydroxylation sites is 1. The second-order valence-electron chi connectivity index (χ2n) is 6.30. The molecule has 0 unspecified atom stereocenters. The van der Waals surface area contributed by atoms with E-state index in [-0.39, 0.29) is 9.77 Å². The molecule has 0 saturated carbocycles. The predicted molar refractivity (Wildman–Crippen MR) is 111 cm³/mol. The minimum absolute atomic E-state index is 0.0566. The van der Waals surface area contributed by atoms with Gasteiger partial charge in [0.2, 0.25) is 10.0 Å². The molecule has 1 N–H and O–H groups in total. The number of nitrogens with one attached hydrogen (secondary N) is 1. The van der Waals surface area contributed by atoms with E-state index in [9.17, 15) is 13.2 Å². The van der Waals surface area contributed by atoms with Crippen LogP contribution in [0.15, 0.2) is 58.2 Å². The molecule has 0 aliphatic heterocycles. The highest BCUT2D eigenvalue weighted by atomic mass is 32.2. The number of aryl methyl sites for hydroxylation is 1. The van der Waals surface area contributed by atoms with E-state index >= 15 is 0 Å². The van der Waals surface area contributed by atoms with Gasteiger partial charge in [0.05, 0.1) is 15.1 Å². The Bertz CT molecular complexity index is 1070. The van der Waals surface area contributed by atoms with Gasteiger partial charge in [-0.2, -0.15) is 0 Å². The maximum Gasteiger partial charge on any atom is 0.308 e. The fourth-order valence-electron chi connectivity index (χ4n) is 2.89. The molecule has 0 atom stereocenters. The van der Waals surface area contributed by atoms with Gasteiger partial charge in [0.1, 0.15) is 0 Å². The van der Waals surface area contributed by atoms with Gasteiger partial charge in [0.25, 0.3) is 0 Å². The van der Waals surface area contributed by atoms with E-state index < -0.39 is 10.0 Å². The molecule has 0 saturated heterocycles. The Morgan fingerprint density at radius 1 is 1.15 bits per heavy atom. The fraction of sp³-hybridized carbons (Fsp3) is 0.316. The molecule has 0 fully saturated rings. The Balaban J connectivity index is 1.72. The summed E-state index contributed by atoms with van der Waals surface area (Å²) in [7, 11) is -1.71. The van der Waals surface area contributed by atoms with Gasteiger partial charge in [-0.25, -0.2) is 13.1 Å². The lowest BCUT2D eigenvalue weighted by Crippen LogP contribution is -2.33. The Morgan fingerprint density at radius 3 is 2.59 bits per heavy atom. The smallest absolute Gasteiger partial charge is 0.308 e. The first-order valence-corrected chi connectivity index (χ1v) is 11.1. The Hall–Kier alpha value is -2.16. The van der Waals surface area contributed by atoms with E-state index in [1.807, 2.05) is 49.2 Å². The van der Waals surface area contributed by atoms with Crippen molar-refractivity contribution in [3.05, 3.63) is 58.2 Å². The summed E-state index contributed by atoms with van der Waals surface area (Å²) in [6.45, 7) is 3.48. The van der Waals surface area contributed by atoms with Crippen LogP contribution < -0.4 is 14.5 Å². The molecule has 144 valence electrons. The molecule has 3 aromatic rings. The fourth-order valence-corrected chi connectivity index (χ4v) is 4.97. The van der Waals surface area contributed by atoms with Crippen LogP contribution in [0.25, 0.3) is 10.2 Å². The lowest BCUT2D eigenvalue weighted by atomic mass is 10.3. The monoisotopic (exact) mass is 405 g/mol. The zero-order valence-electron chi connectivity index (χ0n) is 15.4. The van der Waals surface area contributed by atoms with Gasteiger partial charge >= 0.3 is 4.87 Å². The largest absolute Gasteiger partial charge is 0.373 e. The highest BCUT2D eigenvalue weighted by Crippen LogP contribution is 2.22. The average molecular weight is 406 g/mol. The molecule has 0 spiro atoms. The summed E-state index contributed by atoms with van der Waals surface area (Å²) in [6.07, 6.45) is 0.849. The first kappa shape index (κ1) is 19.6. The third-order valence-electron chi connectivity index (χ3n) is 4.33. The molecule has 3 rings (SSSR count). The van der Waals surface area contributed by atoms with Crippen molar-refractivity contribution in [3.8, 4) is 0 Å². The molecule has 0 bridgehead atoms. The van der Waals surface area contributed by atoms with Crippen LogP contribution in [0.2, 0.25) is 0 Å². The van der Waals surface area contributed by atoms with Crippen molar-refractivity contribution >= 4 is 37.3 Å². The molecule has 8 heteroatoms. The van der Waals surface area contributed by atoms with Crippen molar-refractivity contribution in [3.63, 3.8) is 0 Å². The maximum absolute atomic E-state index is 12.6. The molecule has 1 aromatic heterocycles. The summed E-state index contributed by atoms with van der Waals surface area (Å²) < 4.78 is 30.2. The second-order valence-corrected chi connectivity index (χ2v) is 9.06. The molecule has 6 nitrogen and oxygen atoms in total. The lowest BCUT2D eigenvalue weighted by molar-refractivity contribution is 0.581. The Kier molecular flexibility index (Phi) is 5.98. The van der Waals surface area contributed by atoms with Gasteiger partial charge in [0, 0.05) is 32.4 Å². The summed E-state index contributed by atoms with van der Waals surface area (Å²) in [6, 6.07) is 14.6. The van der Waals surface area contributed by atoms with Crippen LogP contribution in [0.3, 0.4) is 0 Å². The third-order valence-corrected chi connectivity index (χ3v) is 6.73. The van der Waals surface area contributed by atoms with Crippen LogP contribution in [-0.2, 0) is 16.6 Å².